The minimum atomic E-state index is -1.06. The van der Waals surface area contributed by atoms with Gasteiger partial charge in [0.2, 0.25) is 11.5 Å². The van der Waals surface area contributed by atoms with Gasteiger partial charge < -0.3 is 9.94 Å². The van der Waals surface area contributed by atoms with Gasteiger partial charge in [-0.1, -0.05) is 5.16 Å². The number of ketones is 1. The van der Waals surface area contributed by atoms with E-state index in [0.29, 0.717) is 0 Å². The van der Waals surface area contributed by atoms with Gasteiger partial charge in [0.25, 0.3) is 5.69 Å². The van der Waals surface area contributed by atoms with Crippen LogP contribution in [-0.2, 0) is 9.53 Å². The summed E-state index contributed by atoms with van der Waals surface area (Å²) in [5, 5.41) is 21.7. The Morgan fingerprint density at radius 1 is 1.37 bits per heavy atom. The van der Waals surface area contributed by atoms with Crippen molar-refractivity contribution in [2.75, 3.05) is 6.61 Å². The lowest BCUT2D eigenvalue weighted by Crippen LogP contribution is -2.26. The molecule has 0 unspecified atom stereocenters. The number of nitro groups is 1. The molecule has 1 rings (SSSR count). The Morgan fingerprint density at radius 2 is 1.95 bits per heavy atom. The van der Waals surface area contributed by atoms with Crippen molar-refractivity contribution in [3.63, 3.8) is 0 Å². The second-order valence-electron chi connectivity index (χ2n) is 3.30. The maximum atomic E-state index is 11.8. The summed E-state index contributed by atoms with van der Waals surface area (Å²) in [4.78, 5) is 33.0. The van der Waals surface area contributed by atoms with E-state index in [4.69, 9.17) is 5.21 Å². The highest BCUT2D eigenvalue weighted by Gasteiger charge is 2.24. The number of esters is 1. The molecule has 0 bridgehead atoms. The summed E-state index contributed by atoms with van der Waals surface area (Å²) < 4.78 is 4.54. The first-order chi connectivity index (χ1) is 9.01. The zero-order valence-corrected chi connectivity index (χ0v) is 9.90. The molecule has 0 saturated heterocycles. The number of nitrogens with zero attached hydrogens (tertiary/aromatic N) is 2. The SMILES string of the molecule is CCOC(=O)C(=NO)C(=O)c1ccc([N+](=O)[O-])cc1. The smallest absolute Gasteiger partial charge is 0.364 e. The first-order valence-electron chi connectivity index (χ1n) is 5.19. The quantitative estimate of drug-likeness (QED) is 0.162. The van der Waals surface area contributed by atoms with Gasteiger partial charge in [-0.2, -0.15) is 0 Å². The highest BCUT2D eigenvalue weighted by Crippen LogP contribution is 2.13. The first-order valence-corrected chi connectivity index (χ1v) is 5.19. The van der Waals surface area contributed by atoms with Crippen molar-refractivity contribution in [2.45, 2.75) is 6.92 Å². The summed E-state index contributed by atoms with van der Waals surface area (Å²) >= 11 is 0. The number of benzene rings is 1. The molecule has 8 nitrogen and oxygen atoms in total. The van der Waals surface area contributed by atoms with E-state index in [1.54, 1.807) is 0 Å². The largest absolute Gasteiger partial charge is 0.461 e. The van der Waals surface area contributed by atoms with Gasteiger partial charge in [0, 0.05) is 17.7 Å². The molecule has 0 atom stereocenters. The van der Waals surface area contributed by atoms with Crippen molar-refractivity contribution in [3.8, 4) is 0 Å². The molecule has 0 spiro atoms. The summed E-state index contributed by atoms with van der Waals surface area (Å²) in [6, 6.07) is 4.52. The lowest BCUT2D eigenvalue weighted by Gasteiger charge is -2.03. The molecule has 1 aromatic rings. The van der Waals surface area contributed by atoms with Crippen LogP contribution in [0.1, 0.15) is 17.3 Å². The van der Waals surface area contributed by atoms with Crippen LogP contribution < -0.4 is 0 Å². The average Bonchev–Trinajstić information content (AvgIpc) is 2.39. The minimum absolute atomic E-state index is 0.0192. The molecule has 0 aromatic heterocycles. The summed E-state index contributed by atoms with van der Waals surface area (Å²) in [6.45, 7) is 1.55. The second-order valence-corrected chi connectivity index (χ2v) is 3.30. The lowest BCUT2D eigenvalue weighted by atomic mass is 10.1. The van der Waals surface area contributed by atoms with E-state index >= 15 is 0 Å². The topological polar surface area (TPSA) is 119 Å². The van der Waals surface area contributed by atoms with Crippen molar-refractivity contribution >= 4 is 23.2 Å². The molecule has 0 amide bonds. The predicted molar refractivity (Wildman–Crippen MR) is 63.3 cm³/mol. The van der Waals surface area contributed by atoms with Crippen molar-refractivity contribution in [3.05, 3.63) is 39.9 Å². The van der Waals surface area contributed by atoms with Gasteiger partial charge in [-0.05, 0) is 19.1 Å². The third kappa shape index (κ3) is 3.35. The molecule has 100 valence electrons. The van der Waals surface area contributed by atoms with Crippen molar-refractivity contribution in [2.24, 2.45) is 5.16 Å². The van der Waals surface area contributed by atoms with Crippen LogP contribution in [0.25, 0.3) is 0 Å². The van der Waals surface area contributed by atoms with Crippen molar-refractivity contribution < 1.29 is 24.5 Å². The number of Topliss-reactive ketones (excluding diaryl/α,β-unsaturated/α-hetero) is 1. The molecular formula is C11H10N2O6. The molecular weight excluding hydrogens is 256 g/mol. The fraction of sp³-hybridized carbons (Fsp3) is 0.182. The highest BCUT2D eigenvalue weighted by molar-refractivity contribution is 6.67. The third-order valence-electron chi connectivity index (χ3n) is 2.12. The van der Waals surface area contributed by atoms with Gasteiger partial charge in [0.15, 0.2) is 0 Å². The molecule has 8 heteroatoms. The van der Waals surface area contributed by atoms with E-state index in [-0.39, 0.29) is 17.9 Å². The highest BCUT2D eigenvalue weighted by atomic mass is 16.6. The zero-order valence-electron chi connectivity index (χ0n) is 9.90. The average molecular weight is 266 g/mol. The molecule has 0 heterocycles. The van der Waals surface area contributed by atoms with Gasteiger partial charge in [-0.15, -0.1) is 0 Å². The molecule has 0 aliphatic carbocycles. The number of non-ortho nitro benzene ring substituents is 1. The standard InChI is InChI=1S/C11H10N2O6/c1-2-19-11(15)9(12-16)10(14)7-3-5-8(6-4-7)13(17)18/h3-6,16H,2H2,1H3. The van der Waals surface area contributed by atoms with E-state index in [1.807, 2.05) is 0 Å². The van der Waals surface area contributed by atoms with E-state index in [1.165, 1.54) is 6.92 Å². The molecule has 0 radical (unpaired) electrons. The minimum Gasteiger partial charge on any atom is -0.461 e. The second kappa shape index (κ2) is 6.24. The van der Waals surface area contributed by atoms with Crippen LogP contribution in [0.15, 0.2) is 29.4 Å². The molecule has 1 aromatic carbocycles. The summed E-state index contributed by atoms with van der Waals surface area (Å²) in [7, 11) is 0. The van der Waals surface area contributed by atoms with E-state index in [0.717, 1.165) is 24.3 Å². The Morgan fingerprint density at radius 3 is 2.37 bits per heavy atom. The maximum Gasteiger partial charge on any atom is 0.364 e. The number of rotatable bonds is 5. The number of hydrogen-bond donors (Lipinski definition) is 1. The number of nitro benzene ring substituents is 1. The first kappa shape index (κ1) is 14.3. The Labute approximate surface area is 107 Å². The maximum absolute atomic E-state index is 11.8. The monoisotopic (exact) mass is 266 g/mol. The summed E-state index contributed by atoms with van der Waals surface area (Å²) in [5.74, 6) is -1.94. The molecule has 1 N–H and O–H groups in total. The number of carbonyl (C=O) groups excluding carboxylic acids is 2. The van der Waals surface area contributed by atoms with E-state index in [2.05, 4.69) is 9.89 Å². The van der Waals surface area contributed by atoms with Crippen molar-refractivity contribution in [1.29, 1.82) is 0 Å². The summed E-state index contributed by atoms with van der Waals surface area (Å²) in [6.07, 6.45) is 0. The van der Waals surface area contributed by atoms with Crippen LogP contribution in [0.5, 0.6) is 0 Å². The van der Waals surface area contributed by atoms with E-state index < -0.39 is 22.4 Å². The van der Waals surface area contributed by atoms with Crippen LogP contribution in [0.3, 0.4) is 0 Å². The normalized spacial score (nSPS) is 10.9. The number of carbonyl (C=O) groups is 2. The fourth-order valence-corrected chi connectivity index (χ4v) is 1.25. The molecule has 0 fully saturated rings. The number of hydrogen-bond acceptors (Lipinski definition) is 7. The summed E-state index contributed by atoms with van der Waals surface area (Å²) in [5.41, 5.74) is -1.00. The predicted octanol–water partition coefficient (Wildman–Crippen LogP) is 1.17. The van der Waals surface area contributed by atoms with Gasteiger partial charge in [-0.25, -0.2) is 4.79 Å². The van der Waals surface area contributed by atoms with Crippen LogP contribution in [0.4, 0.5) is 5.69 Å². The zero-order chi connectivity index (χ0) is 14.4. The van der Waals surface area contributed by atoms with E-state index in [9.17, 15) is 19.7 Å². The van der Waals surface area contributed by atoms with Crippen LogP contribution in [0.2, 0.25) is 0 Å². The Balaban J connectivity index is 2.99. The van der Waals surface area contributed by atoms with Gasteiger partial charge >= 0.3 is 5.97 Å². The van der Waals surface area contributed by atoms with Gasteiger partial charge in [0.1, 0.15) is 0 Å². The Bertz CT molecular complexity index is 535. The Kier molecular flexibility index (Phi) is 4.69. The number of oxime groups is 1. The molecule has 0 aliphatic heterocycles. The van der Waals surface area contributed by atoms with Crippen LogP contribution >= 0.6 is 0 Å². The van der Waals surface area contributed by atoms with Gasteiger partial charge in [0.05, 0.1) is 11.5 Å². The van der Waals surface area contributed by atoms with Crippen molar-refractivity contribution in [1.82, 2.24) is 0 Å². The molecule has 0 saturated carbocycles. The van der Waals surface area contributed by atoms with Crippen LogP contribution in [0, 0.1) is 10.1 Å². The third-order valence-corrected chi connectivity index (χ3v) is 2.12. The van der Waals surface area contributed by atoms with Crippen LogP contribution in [-0.4, -0.2) is 34.2 Å². The van der Waals surface area contributed by atoms with Gasteiger partial charge in [-0.3, -0.25) is 14.9 Å². The lowest BCUT2D eigenvalue weighted by molar-refractivity contribution is -0.384. The molecule has 0 aliphatic rings. The Hall–Kier alpha value is -2.77. The molecule has 19 heavy (non-hydrogen) atoms. The fourth-order valence-electron chi connectivity index (χ4n) is 1.25. The number of ether oxygens (including phenoxy) is 1.